The van der Waals surface area contributed by atoms with Gasteiger partial charge in [-0.3, -0.25) is 0 Å². The van der Waals surface area contributed by atoms with Crippen molar-refractivity contribution < 1.29 is 27.9 Å². The predicted molar refractivity (Wildman–Crippen MR) is 63.6 cm³/mol. The van der Waals surface area contributed by atoms with Crippen LogP contribution in [-0.2, 0) is 6.61 Å². The Morgan fingerprint density at radius 3 is 2.40 bits per heavy atom. The summed E-state index contributed by atoms with van der Waals surface area (Å²) in [5.41, 5.74) is 0.668. The van der Waals surface area contributed by atoms with E-state index in [1.807, 2.05) is 0 Å². The minimum absolute atomic E-state index is 0.124. The Morgan fingerprint density at radius 2 is 1.95 bits per heavy atom. The Balaban J connectivity index is 2.24. The van der Waals surface area contributed by atoms with Crippen molar-refractivity contribution in [3.63, 3.8) is 0 Å². The molecule has 0 spiro atoms. The van der Waals surface area contributed by atoms with E-state index in [4.69, 9.17) is 14.4 Å². The van der Waals surface area contributed by atoms with Gasteiger partial charge in [-0.25, -0.2) is 13.6 Å². The number of aromatic carboxylic acids is 1. The molecule has 0 aliphatic carbocycles. The molecule has 1 aromatic carbocycles. The molecule has 0 aliphatic heterocycles. The highest BCUT2D eigenvalue weighted by Gasteiger charge is 2.17. The van der Waals surface area contributed by atoms with Crippen LogP contribution in [0.1, 0.15) is 27.4 Å². The Kier molecular flexibility index (Phi) is 3.69. The fourth-order valence-corrected chi connectivity index (χ4v) is 1.67. The van der Waals surface area contributed by atoms with Gasteiger partial charge in [-0.05, 0) is 26.0 Å². The highest BCUT2D eigenvalue weighted by Crippen LogP contribution is 2.25. The SMILES string of the molecule is Cc1noc(C)c1COc1c(F)cc(C(=O)O)cc1F. The maximum Gasteiger partial charge on any atom is 0.335 e. The molecule has 0 bridgehead atoms. The third-order valence-corrected chi connectivity index (χ3v) is 2.79. The van der Waals surface area contributed by atoms with Crippen LogP contribution in [0, 0.1) is 25.5 Å². The lowest BCUT2D eigenvalue weighted by Crippen LogP contribution is -2.04. The van der Waals surface area contributed by atoms with Gasteiger partial charge >= 0.3 is 5.97 Å². The molecule has 2 aromatic rings. The van der Waals surface area contributed by atoms with Gasteiger partial charge in [0, 0.05) is 0 Å². The average molecular weight is 283 g/mol. The normalized spacial score (nSPS) is 10.6. The van der Waals surface area contributed by atoms with Crippen molar-refractivity contribution in [3.05, 3.63) is 46.3 Å². The molecular formula is C13H11F2NO4. The average Bonchev–Trinajstić information content (AvgIpc) is 2.68. The summed E-state index contributed by atoms with van der Waals surface area (Å²) in [7, 11) is 0. The summed E-state index contributed by atoms with van der Waals surface area (Å²) in [6.07, 6.45) is 0. The molecule has 0 saturated heterocycles. The number of hydrogen-bond donors (Lipinski definition) is 1. The zero-order valence-corrected chi connectivity index (χ0v) is 10.7. The van der Waals surface area contributed by atoms with Crippen molar-refractivity contribution in [1.82, 2.24) is 5.16 Å². The molecule has 1 heterocycles. The van der Waals surface area contributed by atoms with Crippen molar-refractivity contribution in [2.45, 2.75) is 20.5 Å². The van der Waals surface area contributed by atoms with Crippen molar-refractivity contribution >= 4 is 5.97 Å². The van der Waals surface area contributed by atoms with Crippen molar-refractivity contribution in [1.29, 1.82) is 0 Å². The van der Waals surface area contributed by atoms with Gasteiger partial charge < -0.3 is 14.4 Å². The second-order valence-electron chi connectivity index (χ2n) is 4.17. The van der Waals surface area contributed by atoms with E-state index < -0.39 is 28.9 Å². The second-order valence-corrected chi connectivity index (χ2v) is 4.17. The maximum atomic E-state index is 13.6. The van der Waals surface area contributed by atoms with E-state index in [1.165, 1.54) is 0 Å². The zero-order chi connectivity index (χ0) is 14.9. The number of carboxylic acids is 1. The number of nitrogens with zero attached hydrogens (tertiary/aromatic N) is 1. The number of benzene rings is 1. The fraction of sp³-hybridized carbons (Fsp3) is 0.231. The molecule has 1 aromatic heterocycles. The number of hydrogen-bond acceptors (Lipinski definition) is 4. The molecule has 0 amide bonds. The molecule has 1 N–H and O–H groups in total. The lowest BCUT2D eigenvalue weighted by molar-refractivity contribution is 0.0695. The van der Waals surface area contributed by atoms with Crippen LogP contribution in [0.5, 0.6) is 5.75 Å². The number of rotatable bonds is 4. The molecular weight excluding hydrogens is 272 g/mol. The maximum absolute atomic E-state index is 13.6. The number of halogens is 2. The summed E-state index contributed by atoms with van der Waals surface area (Å²) in [6, 6.07) is 1.40. The molecule has 7 heteroatoms. The molecule has 20 heavy (non-hydrogen) atoms. The van der Waals surface area contributed by atoms with Crippen LogP contribution in [0.15, 0.2) is 16.7 Å². The first kappa shape index (κ1) is 14.0. The Morgan fingerprint density at radius 1 is 1.35 bits per heavy atom. The number of carbonyl (C=O) groups is 1. The molecule has 2 rings (SSSR count). The Hall–Kier alpha value is -2.44. The minimum atomic E-state index is -1.42. The first-order valence-electron chi connectivity index (χ1n) is 5.67. The third kappa shape index (κ3) is 2.61. The predicted octanol–water partition coefficient (Wildman–Crippen LogP) is 2.85. The largest absolute Gasteiger partial charge is 0.483 e. The number of carboxylic acid groups (broad SMARTS) is 1. The summed E-state index contributed by atoms with van der Waals surface area (Å²) < 4.78 is 37.2. The Labute approximate surface area is 112 Å². The quantitative estimate of drug-likeness (QED) is 0.934. The van der Waals surface area contributed by atoms with Gasteiger partial charge in [0.25, 0.3) is 0 Å². The molecule has 0 saturated carbocycles. The summed E-state index contributed by atoms with van der Waals surface area (Å²) in [4.78, 5) is 10.7. The van der Waals surface area contributed by atoms with Gasteiger partial charge in [-0.15, -0.1) is 0 Å². The van der Waals surface area contributed by atoms with Gasteiger partial charge in [-0.1, -0.05) is 5.16 Å². The van der Waals surface area contributed by atoms with Crippen LogP contribution in [-0.4, -0.2) is 16.2 Å². The summed E-state index contributed by atoms with van der Waals surface area (Å²) in [5.74, 6) is -3.70. The van der Waals surface area contributed by atoms with Crippen molar-refractivity contribution in [2.24, 2.45) is 0 Å². The lowest BCUT2D eigenvalue weighted by atomic mass is 10.2. The van der Waals surface area contributed by atoms with Gasteiger partial charge in [0.1, 0.15) is 12.4 Å². The van der Waals surface area contributed by atoms with E-state index >= 15 is 0 Å². The zero-order valence-electron chi connectivity index (χ0n) is 10.7. The molecule has 0 aliphatic rings. The molecule has 0 fully saturated rings. The monoisotopic (exact) mass is 283 g/mol. The lowest BCUT2D eigenvalue weighted by Gasteiger charge is -2.08. The van der Waals surface area contributed by atoms with Crippen LogP contribution < -0.4 is 4.74 Å². The van der Waals surface area contributed by atoms with E-state index in [1.54, 1.807) is 13.8 Å². The summed E-state index contributed by atoms with van der Waals surface area (Å²) >= 11 is 0. The van der Waals surface area contributed by atoms with Crippen LogP contribution in [0.2, 0.25) is 0 Å². The van der Waals surface area contributed by atoms with E-state index in [2.05, 4.69) is 5.16 Å². The third-order valence-electron chi connectivity index (χ3n) is 2.79. The fourth-order valence-electron chi connectivity index (χ4n) is 1.67. The standard InChI is InChI=1S/C13H11F2NO4/c1-6-9(7(2)20-16-6)5-19-12-10(14)3-8(13(17)18)4-11(12)15/h3-4H,5H2,1-2H3,(H,17,18). The van der Waals surface area contributed by atoms with Crippen LogP contribution >= 0.6 is 0 Å². The van der Waals surface area contributed by atoms with Gasteiger partial charge in [0.15, 0.2) is 17.4 Å². The van der Waals surface area contributed by atoms with E-state index in [0.29, 0.717) is 29.2 Å². The molecule has 0 radical (unpaired) electrons. The first-order valence-corrected chi connectivity index (χ1v) is 5.67. The summed E-state index contributed by atoms with van der Waals surface area (Å²) in [5, 5.41) is 12.4. The van der Waals surface area contributed by atoms with E-state index in [0.717, 1.165) is 0 Å². The molecule has 0 unspecified atom stereocenters. The molecule has 0 atom stereocenters. The Bertz CT molecular complexity index is 624. The highest BCUT2D eigenvalue weighted by atomic mass is 19.1. The summed E-state index contributed by atoms with van der Waals surface area (Å²) in [6.45, 7) is 3.20. The molecule has 106 valence electrons. The topological polar surface area (TPSA) is 72.6 Å². The van der Waals surface area contributed by atoms with E-state index in [-0.39, 0.29) is 6.61 Å². The van der Waals surface area contributed by atoms with Crippen LogP contribution in [0.25, 0.3) is 0 Å². The minimum Gasteiger partial charge on any atom is -0.483 e. The highest BCUT2D eigenvalue weighted by molar-refractivity contribution is 5.87. The number of ether oxygens (including phenoxy) is 1. The van der Waals surface area contributed by atoms with Crippen LogP contribution in [0.3, 0.4) is 0 Å². The smallest absolute Gasteiger partial charge is 0.335 e. The van der Waals surface area contributed by atoms with Crippen molar-refractivity contribution in [3.8, 4) is 5.75 Å². The van der Waals surface area contributed by atoms with Gasteiger partial charge in [0.2, 0.25) is 0 Å². The van der Waals surface area contributed by atoms with E-state index in [9.17, 15) is 13.6 Å². The van der Waals surface area contributed by atoms with Gasteiger partial charge in [-0.2, -0.15) is 0 Å². The molecule has 5 nitrogen and oxygen atoms in total. The number of aromatic nitrogens is 1. The van der Waals surface area contributed by atoms with Crippen molar-refractivity contribution in [2.75, 3.05) is 0 Å². The second kappa shape index (κ2) is 5.28. The first-order chi connectivity index (χ1) is 9.40. The number of aryl methyl sites for hydroxylation is 2. The van der Waals surface area contributed by atoms with Gasteiger partial charge in [0.05, 0.1) is 16.8 Å². The van der Waals surface area contributed by atoms with Crippen LogP contribution in [0.4, 0.5) is 8.78 Å².